The van der Waals surface area contributed by atoms with Crippen molar-refractivity contribution >= 4 is 33.4 Å². The predicted molar refractivity (Wildman–Crippen MR) is 85.6 cm³/mol. The molecule has 21 heavy (non-hydrogen) atoms. The van der Waals surface area contributed by atoms with Crippen LogP contribution in [0.15, 0.2) is 34.9 Å². The number of benzene rings is 1. The Kier molecular flexibility index (Phi) is 4.31. The van der Waals surface area contributed by atoms with Crippen LogP contribution in [-0.4, -0.2) is 34.1 Å². The molecule has 1 amide bonds. The molecule has 1 aromatic heterocycles. The number of carbonyl (C=O) groups excluding carboxylic acids is 1. The average Bonchev–Trinajstić information content (AvgIpc) is 3.04. The highest BCUT2D eigenvalue weighted by molar-refractivity contribution is 9.10. The molecular formula is C15H15BrClN3O. The molecule has 0 saturated carbocycles. The third kappa shape index (κ3) is 3.14. The number of carbonyl (C=O) groups is 1. The minimum absolute atomic E-state index is 0.0524. The molecule has 1 aliphatic heterocycles. The first-order valence-corrected chi connectivity index (χ1v) is 8.06. The zero-order chi connectivity index (χ0) is 14.8. The molecule has 1 unspecified atom stereocenters. The first kappa shape index (κ1) is 14.6. The fraction of sp³-hybridized carbons (Fsp3) is 0.333. The van der Waals surface area contributed by atoms with Crippen LogP contribution in [0.5, 0.6) is 0 Å². The standard InChI is InChI=1S/C15H15BrClN3O/c16-12-8-10(3-4-13(12)17)15(21)20-7-1-2-11(9-20)14-5-6-18-19-14/h3-6,8,11H,1-2,7,9H2,(H,18,19). The van der Waals surface area contributed by atoms with Crippen molar-refractivity contribution in [1.82, 2.24) is 15.1 Å². The van der Waals surface area contributed by atoms with E-state index in [1.807, 2.05) is 11.0 Å². The normalized spacial score (nSPS) is 18.8. The second-order valence-corrected chi connectivity index (χ2v) is 6.49. The number of hydrogen-bond acceptors (Lipinski definition) is 2. The van der Waals surface area contributed by atoms with Gasteiger partial charge in [-0.15, -0.1) is 0 Å². The summed E-state index contributed by atoms with van der Waals surface area (Å²) in [6.45, 7) is 1.52. The maximum atomic E-state index is 12.6. The largest absolute Gasteiger partial charge is 0.338 e. The first-order chi connectivity index (χ1) is 10.1. The highest BCUT2D eigenvalue weighted by atomic mass is 79.9. The van der Waals surface area contributed by atoms with Crippen LogP contribution in [0.2, 0.25) is 5.02 Å². The summed E-state index contributed by atoms with van der Waals surface area (Å²) >= 11 is 9.34. The number of nitrogens with one attached hydrogen (secondary N) is 1. The van der Waals surface area contributed by atoms with Gasteiger partial charge >= 0.3 is 0 Å². The van der Waals surface area contributed by atoms with Gasteiger partial charge in [-0.3, -0.25) is 9.89 Å². The van der Waals surface area contributed by atoms with Gasteiger partial charge < -0.3 is 4.90 Å². The van der Waals surface area contributed by atoms with Crippen LogP contribution in [0.1, 0.15) is 34.8 Å². The lowest BCUT2D eigenvalue weighted by Crippen LogP contribution is -2.39. The smallest absolute Gasteiger partial charge is 0.253 e. The van der Waals surface area contributed by atoms with E-state index in [1.54, 1.807) is 24.4 Å². The third-order valence-electron chi connectivity index (χ3n) is 3.84. The highest BCUT2D eigenvalue weighted by Crippen LogP contribution is 2.28. The van der Waals surface area contributed by atoms with E-state index < -0.39 is 0 Å². The summed E-state index contributed by atoms with van der Waals surface area (Å²) < 4.78 is 0.747. The molecule has 1 aromatic carbocycles. The van der Waals surface area contributed by atoms with Crippen LogP contribution >= 0.6 is 27.5 Å². The summed E-state index contributed by atoms with van der Waals surface area (Å²) in [5.41, 5.74) is 1.77. The molecule has 0 aliphatic carbocycles. The van der Waals surface area contributed by atoms with Crippen molar-refractivity contribution in [1.29, 1.82) is 0 Å². The summed E-state index contributed by atoms with van der Waals surface area (Å²) in [6.07, 6.45) is 3.84. The van der Waals surface area contributed by atoms with Gasteiger partial charge in [0.05, 0.1) is 5.02 Å². The summed E-state index contributed by atoms with van der Waals surface area (Å²) in [4.78, 5) is 14.5. The van der Waals surface area contributed by atoms with Crippen molar-refractivity contribution < 1.29 is 4.79 Å². The van der Waals surface area contributed by atoms with E-state index in [-0.39, 0.29) is 5.91 Å². The Balaban J connectivity index is 1.76. The number of rotatable bonds is 2. The molecule has 1 aliphatic rings. The topological polar surface area (TPSA) is 49.0 Å². The van der Waals surface area contributed by atoms with E-state index in [9.17, 15) is 4.79 Å². The zero-order valence-electron chi connectivity index (χ0n) is 11.4. The number of H-pyrrole nitrogens is 1. The van der Waals surface area contributed by atoms with Crippen LogP contribution in [0.4, 0.5) is 0 Å². The van der Waals surface area contributed by atoms with Crippen LogP contribution in [0.25, 0.3) is 0 Å². The van der Waals surface area contributed by atoms with Crippen molar-refractivity contribution in [3.8, 4) is 0 Å². The maximum Gasteiger partial charge on any atom is 0.253 e. The van der Waals surface area contributed by atoms with Crippen LogP contribution < -0.4 is 0 Å². The molecule has 0 spiro atoms. The van der Waals surface area contributed by atoms with Gasteiger partial charge in [0.15, 0.2) is 0 Å². The molecule has 0 radical (unpaired) electrons. The molecule has 4 nitrogen and oxygen atoms in total. The summed E-state index contributed by atoms with van der Waals surface area (Å²) in [5.74, 6) is 0.387. The van der Waals surface area contributed by atoms with Crippen molar-refractivity contribution in [2.24, 2.45) is 0 Å². The number of aromatic amines is 1. The molecule has 1 atom stereocenters. The number of piperidine rings is 1. The van der Waals surface area contributed by atoms with E-state index in [4.69, 9.17) is 11.6 Å². The Bertz CT molecular complexity index is 644. The molecule has 0 bridgehead atoms. The van der Waals surface area contributed by atoms with Crippen molar-refractivity contribution in [2.75, 3.05) is 13.1 Å². The van der Waals surface area contributed by atoms with E-state index >= 15 is 0 Å². The Labute approximate surface area is 136 Å². The van der Waals surface area contributed by atoms with Gasteiger partial charge in [0.2, 0.25) is 0 Å². The molecule has 3 rings (SSSR count). The Hall–Kier alpha value is -1.33. The molecule has 2 aromatic rings. The van der Waals surface area contributed by atoms with Crippen molar-refractivity contribution in [2.45, 2.75) is 18.8 Å². The third-order valence-corrected chi connectivity index (χ3v) is 5.05. The number of nitrogens with zero attached hydrogens (tertiary/aromatic N) is 2. The monoisotopic (exact) mass is 367 g/mol. The van der Waals surface area contributed by atoms with E-state index in [0.29, 0.717) is 16.5 Å². The molecule has 1 saturated heterocycles. The van der Waals surface area contributed by atoms with Crippen LogP contribution in [-0.2, 0) is 0 Å². The minimum Gasteiger partial charge on any atom is -0.338 e. The lowest BCUT2D eigenvalue weighted by Gasteiger charge is -2.32. The quantitative estimate of drug-likeness (QED) is 0.875. The number of hydrogen-bond donors (Lipinski definition) is 1. The average molecular weight is 369 g/mol. The first-order valence-electron chi connectivity index (χ1n) is 6.89. The van der Waals surface area contributed by atoms with Crippen LogP contribution in [0.3, 0.4) is 0 Å². The lowest BCUT2D eigenvalue weighted by atomic mass is 9.94. The van der Waals surface area contributed by atoms with Gasteiger partial charge in [0.1, 0.15) is 0 Å². The fourth-order valence-corrected chi connectivity index (χ4v) is 3.22. The molecule has 110 valence electrons. The number of likely N-dealkylation sites (tertiary alicyclic amines) is 1. The number of amides is 1. The Morgan fingerprint density at radius 1 is 1.43 bits per heavy atom. The van der Waals surface area contributed by atoms with Crippen LogP contribution in [0, 0.1) is 0 Å². The molecule has 1 N–H and O–H groups in total. The number of halogens is 2. The second kappa shape index (κ2) is 6.20. The zero-order valence-corrected chi connectivity index (χ0v) is 13.7. The summed E-state index contributed by atoms with van der Waals surface area (Å²) in [7, 11) is 0. The fourth-order valence-electron chi connectivity index (χ4n) is 2.72. The highest BCUT2D eigenvalue weighted by Gasteiger charge is 2.26. The van der Waals surface area contributed by atoms with E-state index in [2.05, 4.69) is 26.1 Å². The lowest BCUT2D eigenvalue weighted by molar-refractivity contribution is 0.0706. The summed E-state index contributed by atoms with van der Waals surface area (Å²) in [5, 5.41) is 7.62. The van der Waals surface area contributed by atoms with Gasteiger partial charge in [0, 0.05) is 40.9 Å². The molecule has 1 fully saturated rings. The van der Waals surface area contributed by atoms with Gasteiger partial charge in [-0.2, -0.15) is 5.10 Å². The van der Waals surface area contributed by atoms with Gasteiger partial charge in [0.25, 0.3) is 5.91 Å². The molecule has 2 heterocycles. The maximum absolute atomic E-state index is 12.6. The Morgan fingerprint density at radius 3 is 3.00 bits per heavy atom. The van der Waals surface area contributed by atoms with Gasteiger partial charge in [-0.1, -0.05) is 11.6 Å². The molecular weight excluding hydrogens is 354 g/mol. The van der Waals surface area contributed by atoms with Crippen molar-refractivity contribution in [3.63, 3.8) is 0 Å². The number of aromatic nitrogens is 2. The second-order valence-electron chi connectivity index (χ2n) is 5.23. The van der Waals surface area contributed by atoms with Gasteiger partial charge in [-0.05, 0) is 53.0 Å². The van der Waals surface area contributed by atoms with E-state index in [0.717, 1.165) is 36.1 Å². The van der Waals surface area contributed by atoms with Crippen molar-refractivity contribution in [3.05, 3.63) is 51.2 Å². The van der Waals surface area contributed by atoms with E-state index in [1.165, 1.54) is 0 Å². The Morgan fingerprint density at radius 2 is 2.29 bits per heavy atom. The molecule has 6 heteroatoms. The van der Waals surface area contributed by atoms with Gasteiger partial charge in [-0.25, -0.2) is 0 Å². The minimum atomic E-state index is 0.0524. The SMILES string of the molecule is O=C(c1ccc(Cl)c(Br)c1)N1CCCC(c2ccn[nH]2)C1. The summed E-state index contributed by atoms with van der Waals surface area (Å²) in [6, 6.07) is 7.28. The predicted octanol–water partition coefficient (Wildman–Crippen LogP) is 3.85.